The Hall–Kier alpha value is 0.0200. The monoisotopic (exact) mass is 856 g/mol. The Bertz CT molecular complexity index is 845. The second kappa shape index (κ2) is 36.8. The minimum Gasteiger partial charge on any atom is -0.389 e. The lowest BCUT2D eigenvalue weighted by molar-refractivity contribution is -0.00142. The first-order valence-electron chi connectivity index (χ1n) is 20.3. The third-order valence-electron chi connectivity index (χ3n) is 9.30. The molecule has 4 unspecified atom stereocenters. The Morgan fingerprint density at radius 1 is 0.571 bits per heavy atom. The quantitative estimate of drug-likeness (QED) is 0.0485. The number of aliphatic hydroxyl groups excluding tert-OH is 3. The molecule has 342 valence electrons. The van der Waals surface area contributed by atoms with E-state index in [4.69, 9.17) is 45.0 Å². The number of nitrogens with two attached hydrogens (primary N) is 1. The van der Waals surface area contributed by atoms with Crippen LogP contribution in [-0.2, 0) is 39.3 Å². The molecule has 0 fully saturated rings. The summed E-state index contributed by atoms with van der Waals surface area (Å²) in [5.41, 5.74) is 5.69. The lowest BCUT2D eigenvalue weighted by atomic mass is 10.0. The highest BCUT2D eigenvalue weighted by atomic mass is 32.3. The fourth-order valence-corrected chi connectivity index (χ4v) is 8.65. The van der Waals surface area contributed by atoms with Crippen LogP contribution in [0.4, 0.5) is 0 Å². The van der Waals surface area contributed by atoms with Crippen molar-refractivity contribution in [3.8, 4) is 0 Å². The summed E-state index contributed by atoms with van der Waals surface area (Å²) >= 11 is 0. The van der Waals surface area contributed by atoms with Crippen molar-refractivity contribution in [2.24, 2.45) is 11.7 Å². The first kappa shape index (κ1) is 56.0. The van der Waals surface area contributed by atoms with Gasteiger partial charge in [0.2, 0.25) is 0 Å². The van der Waals surface area contributed by atoms with Crippen LogP contribution in [-0.4, -0.2) is 209 Å². The molecule has 0 heterocycles. The third-order valence-corrected chi connectivity index (χ3v) is 13.9. The fraction of sp³-hybridized carbons (Fsp3) is 1.00. The van der Waals surface area contributed by atoms with E-state index in [0.29, 0.717) is 109 Å². The molecular formula is C37H85N5O12S2. The van der Waals surface area contributed by atoms with Crippen LogP contribution in [0.2, 0.25) is 0 Å². The molecule has 0 spiro atoms. The average Bonchev–Trinajstić information content (AvgIpc) is 3.21. The molecule has 0 amide bonds. The van der Waals surface area contributed by atoms with Gasteiger partial charge >= 0.3 is 0 Å². The normalized spacial score (nSPS) is 15.5. The van der Waals surface area contributed by atoms with Crippen molar-refractivity contribution in [1.82, 2.24) is 20.4 Å². The minimum absolute atomic E-state index is 0.177. The van der Waals surface area contributed by atoms with Crippen LogP contribution in [0.5, 0.6) is 0 Å². The first-order chi connectivity index (χ1) is 27.0. The third kappa shape index (κ3) is 27.7. The summed E-state index contributed by atoms with van der Waals surface area (Å²) in [5.74, 6) is 1.64. The number of nitrogens with zero attached hydrogens (tertiary/aromatic N) is 2. The molecule has 0 rings (SSSR count). The van der Waals surface area contributed by atoms with E-state index in [-0.39, 0.29) is 13.2 Å². The summed E-state index contributed by atoms with van der Waals surface area (Å²) in [7, 11) is 5.31. The molecule has 19 heteroatoms. The summed E-state index contributed by atoms with van der Waals surface area (Å²) in [6.45, 7) is 13.1. The Labute approximate surface area is 344 Å². The largest absolute Gasteiger partial charge is 0.389 e. The number of hydrogen-bond donors (Lipinski definition) is 6. The average molecular weight is 856 g/mol. The fourth-order valence-electron chi connectivity index (χ4n) is 5.89. The standard InChI is InChI=1S/C37H85N5O12S2/c1-9-11-14-34(10-2)30-54-33-37(45)29-41(19-17-39-16-15-38)21-22-42(28-36(44)32-53-24-13-26-56(49-6,50-7)51-8)20-18-40-27-35(43)31-52-23-12-25-55(46-3,47-4)48-5/h34-37,39-40,43-45H,9-33,38H2,1-8H3. The van der Waals surface area contributed by atoms with Crippen molar-refractivity contribution >= 4 is 21.7 Å². The highest BCUT2D eigenvalue weighted by Gasteiger charge is 2.24. The maximum Gasteiger partial charge on any atom is 0.0900 e. The van der Waals surface area contributed by atoms with E-state index in [1.54, 1.807) is 42.7 Å². The highest BCUT2D eigenvalue weighted by Crippen LogP contribution is 2.50. The van der Waals surface area contributed by atoms with Gasteiger partial charge in [-0.15, -0.1) is 0 Å². The summed E-state index contributed by atoms with van der Waals surface area (Å²) in [4.78, 5) is 4.41. The lowest BCUT2D eigenvalue weighted by Crippen LogP contribution is -2.46. The Morgan fingerprint density at radius 3 is 1.48 bits per heavy atom. The Balaban J connectivity index is 5.22. The van der Waals surface area contributed by atoms with E-state index in [1.165, 1.54) is 12.8 Å². The van der Waals surface area contributed by atoms with E-state index in [0.717, 1.165) is 32.5 Å². The summed E-state index contributed by atoms with van der Waals surface area (Å²) < 4.78 is 50.0. The van der Waals surface area contributed by atoms with E-state index in [1.807, 2.05) is 0 Å². The van der Waals surface area contributed by atoms with E-state index in [2.05, 4.69) is 34.3 Å². The van der Waals surface area contributed by atoms with E-state index < -0.39 is 40.1 Å². The van der Waals surface area contributed by atoms with Gasteiger partial charge in [0.25, 0.3) is 0 Å². The molecule has 0 aliphatic rings. The van der Waals surface area contributed by atoms with Crippen molar-refractivity contribution in [2.45, 2.75) is 70.7 Å². The SMILES string of the molecule is CCCCC(CC)COCC(O)CN(CCNCCN)CCN(CCNCC(O)COCCCS(OC)(OC)OC)CC(O)COCCCS(OC)(OC)OC. The molecule has 0 aliphatic heterocycles. The molecule has 0 aromatic heterocycles. The van der Waals surface area contributed by atoms with Crippen molar-refractivity contribution < 1.29 is 54.6 Å². The molecule has 0 saturated carbocycles. The van der Waals surface area contributed by atoms with Crippen LogP contribution in [0, 0.1) is 5.92 Å². The zero-order valence-electron chi connectivity index (χ0n) is 36.3. The van der Waals surface area contributed by atoms with Gasteiger partial charge in [0.15, 0.2) is 0 Å². The molecule has 17 nitrogen and oxygen atoms in total. The molecule has 0 bridgehead atoms. The smallest absolute Gasteiger partial charge is 0.0900 e. The number of nitrogens with one attached hydrogen (secondary N) is 2. The Morgan fingerprint density at radius 2 is 1.04 bits per heavy atom. The second-order valence-electron chi connectivity index (χ2n) is 13.6. The summed E-state index contributed by atoms with van der Waals surface area (Å²) in [6, 6.07) is 0. The molecule has 0 aromatic rings. The van der Waals surface area contributed by atoms with Gasteiger partial charge in [-0.3, -0.25) is 34.9 Å². The Kier molecular flexibility index (Phi) is 36.8. The number of rotatable bonds is 43. The van der Waals surface area contributed by atoms with Gasteiger partial charge in [-0.1, -0.05) is 33.1 Å². The van der Waals surface area contributed by atoms with Crippen LogP contribution >= 0.6 is 21.7 Å². The molecule has 0 radical (unpaired) electrons. The predicted molar refractivity (Wildman–Crippen MR) is 228 cm³/mol. The van der Waals surface area contributed by atoms with Gasteiger partial charge in [-0.2, -0.15) is 0 Å². The first-order valence-corrected chi connectivity index (χ1v) is 23.5. The van der Waals surface area contributed by atoms with Gasteiger partial charge in [-0.05, 0) is 25.2 Å². The molecule has 0 aliphatic carbocycles. The zero-order valence-corrected chi connectivity index (χ0v) is 37.9. The zero-order chi connectivity index (χ0) is 41.9. The molecule has 0 saturated heterocycles. The van der Waals surface area contributed by atoms with E-state index in [9.17, 15) is 15.3 Å². The highest BCUT2D eigenvalue weighted by molar-refractivity contribution is 8.22. The van der Waals surface area contributed by atoms with Gasteiger partial charge in [0.1, 0.15) is 0 Å². The predicted octanol–water partition coefficient (Wildman–Crippen LogP) is 1.84. The van der Waals surface area contributed by atoms with Crippen molar-refractivity contribution in [3.05, 3.63) is 0 Å². The van der Waals surface area contributed by atoms with Crippen molar-refractivity contribution in [3.63, 3.8) is 0 Å². The van der Waals surface area contributed by atoms with Crippen LogP contribution in [0.25, 0.3) is 0 Å². The summed E-state index contributed by atoms with van der Waals surface area (Å²) in [6.07, 6.45) is 3.89. The summed E-state index contributed by atoms with van der Waals surface area (Å²) in [5, 5.41) is 39.2. The van der Waals surface area contributed by atoms with Crippen LogP contribution in [0.3, 0.4) is 0 Å². The molecular weight excluding hydrogens is 771 g/mol. The number of hydrogen-bond acceptors (Lipinski definition) is 17. The second-order valence-corrected chi connectivity index (χ2v) is 18.7. The van der Waals surface area contributed by atoms with Gasteiger partial charge < -0.3 is 45.9 Å². The van der Waals surface area contributed by atoms with Gasteiger partial charge in [-0.25, -0.2) is 0 Å². The van der Waals surface area contributed by atoms with Gasteiger partial charge in [0.05, 0.1) is 103 Å². The van der Waals surface area contributed by atoms with Crippen molar-refractivity contribution in [2.75, 3.05) is 166 Å². The number of aliphatic hydroxyl groups is 3. The maximum atomic E-state index is 11.0. The molecule has 0 aromatic carbocycles. The minimum atomic E-state index is -2.05. The molecule has 7 N–H and O–H groups in total. The molecule has 4 atom stereocenters. The van der Waals surface area contributed by atoms with Gasteiger partial charge in [0, 0.05) is 103 Å². The van der Waals surface area contributed by atoms with Crippen LogP contribution < -0.4 is 16.4 Å². The lowest BCUT2D eigenvalue weighted by Gasteiger charge is -2.33. The molecule has 56 heavy (non-hydrogen) atoms. The maximum absolute atomic E-state index is 11.0. The van der Waals surface area contributed by atoms with Crippen LogP contribution in [0.15, 0.2) is 0 Å². The number of ether oxygens (including phenoxy) is 3. The van der Waals surface area contributed by atoms with Crippen LogP contribution in [0.1, 0.15) is 52.4 Å². The van der Waals surface area contributed by atoms with Crippen molar-refractivity contribution in [1.29, 1.82) is 0 Å². The topological polar surface area (TPSA) is 200 Å². The van der Waals surface area contributed by atoms with E-state index >= 15 is 0 Å². The number of unbranched alkanes of at least 4 members (excludes halogenated alkanes) is 1.